The van der Waals surface area contributed by atoms with Gasteiger partial charge in [0.2, 0.25) is 0 Å². The van der Waals surface area contributed by atoms with E-state index in [9.17, 15) is 5.11 Å². The third-order valence-corrected chi connectivity index (χ3v) is 5.36. The average molecular weight is 332 g/mol. The molecule has 134 valence electrons. The van der Waals surface area contributed by atoms with Crippen LogP contribution in [-0.2, 0) is 11.2 Å². The molecule has 2 aliphatic heterocycles. The molecule has 4 heteroatoms. The Morgan fingerprint density at radius 2 is 1.75 bits per heavy atom. The number of aliphatic hydroxyl groups is 1. The lowest BCUT2D eigenvalue weighted by Gasteiger charge is -2.40. The number of rotatable bonds is 7. The van der Waals surface area contributed by atoms with Crippen molar-refractivity contribution in [3.05, 3.63) is 35.9 Å². The van der Waals surface area contributed by atoms with Crippen molar-refractivity contribution < 1.29 is 9.84 Å². The highest BCUT2D eigenvalue weighted by atomic mass is 16.5. The standard InChI is InChI=1S/C20H32N2O2/c23-17-20-13-19(14-21-9-11-24-12-10-21)15-22(16-20)8-4-7-18-5-2-1-3-6-18/h1-3,5-6,19-20,23H,4,7-17H2/t19-,20-/m1/s1. The zero-order valence-electron chi connectivity index (χ0n) is 14.8. The van der Waals surface area contributed by atoms with Crippen molar-refractivity contribution >= 4 is 0 Å². The number of morpholine rings is 1. The van der Waals surface area contributed by atoms with Crippen LogP contribution in [0.1, 0.15) is 18.4 Å². The van der Waals surface area contributed by atoms with Gasteiger partial charge < -0.3 is 14.7 Å². The van der Waals surface area contributed by atoms with Crippen molar-refractivity contribution in [2.75, 3.05) is 59.1 Å². The van der Waals surface area contributed by atoms with Crippen molar-refractivity contribution in [3.63, 3.8) is 0 Å². The third-order valence-electron chi connectivity index (χ3n) is 5.36. The molecular weight excluding hydrogens is 300 g/mol. The van der Waals surface area contributed by atoms with Gasteiger partial charge >= 0.3 is 0 Å². The maximum absolute atomic E-state index is 9.68. The highest BCUT2D eigenvalue weighted by molar-refractivity contribution is 5.14. The third kappa shape index (κ3) is 5.55. The fourth-order valence-electron chi connectivity index (χ4n) is 4.17. The summed E-state index contributed by atoms with van der Waals surface area (Å²) in [6.07, 6.45) is 3.52. The zero-order chi connectivity index (χ0) is 16.6. The van der Waals surface area contributed by atoms with Crippen LogP contribution in [0.4, 0.5) is 0 Å². The molecule has 3 rings (SSSR count). The Hall–Kier alpha value is -0.940. The maximum atomic E-state index is 9.68. The highest BCUT2D eigenvalue weighted by Gasteiger charge is 2.28. The van der Waals surface area contributed by atoms with Gasteiger partial charge in [-0.2, -0.15) is 0 Å². The Labute approximate surface area is 146 Å². The lowest BCUT2D eigenvalue weighted by atomic mass is 9.89. The van der Waals surface area contributed by atoms with Gasteiger partial charge in [-0.1, -0.05) is 30.3 Å². The second-order valence-electron chi connectivity index (χ2n) is 7.41. The Morgan fingerprint density at radius 3 is 2.50 bits per heavy atom. The Bertz CT molecular complexity index is 462. The smallest absolute Gasteiger partial charge is 0.0594 e. The molecule has 1 aromatic rings. The minimum atomic E-state index is 0.328. The molecule has 2 aliphatic rings. The molecule has 0 aromatic heterocycles. The van der Waals surface area contributed by atoms with Crippen molar-refractivity contribution in [2.24, 2.45) is 11.8 Å². The van der Waals surface area contributed by atoms with E-state index in [-0.39, 0.29) is 0 Å². The first kappa shape index (κ1) is 17.9. The normalized spacial score (nSPS) is 26.5. The molecule has 2 heterocycles. The van der Waals surface area contributed by atoms with Gasteiger partial charge in [0.25, 0.3) is 0 Å². The Morgan fingerprint density at radius 1 is 1.00 bits per heavy atom. The number of benzene rings is 1. The van der Waals surface area contributed by atoms with Gasteiger partial charge in [-0.05, 0) is 43.2 Å². The van der Waals surface area contributed by atoms with Crippen molar-refractivity contribution in [3.8, 4) is 0 Å². The van der Waals surface area contributed by atoms with Crippen LogP contribution in [0.3, 0.4) is 0 Å². The van der Waals surface area contributed by atoms with Gasteiger partial charge in [0, 0.05) is 39.3 Å². The topological polar surface area (TPSA) is 35.9 Å². The molecule has 2 atom stereocenters. The van der Waals surface area contributed by atoms with E-state index in [4.69, 9.17) is 4.74 Å². The Kier molecular flexibility index (Phi) is 7.09. The summed E-state index contributed by atoms with van der Waals surface area (Å²) in [6, 6.07) is 10.8. The molecule has 2 saturated heterocycles. The number of aliphatic hydroxyl groups excluding tert-OH is 1. The van der Waals surface area contributed by atoms with E-state index in [0.717, 1.165) is 52.4 Å². The quantitative estimate of drug-likeness (QED) is 0.827. The number of piperidine rings is 1. The van der Waals surface area contributed by atoms with E-state index >= 15 is 0 Å². The SMILES string of the molecule is OC[C@@H]1C[C@H](CN2CCOCC2)CN(CCCc2ccccc2)C1. The highest BCUT2D eigenvalue weighted by Crippen LogP contribution is 2.23. The number of hydrogen-bond acceptors (Lipinski definition) is 4. The molecular formula is C20H32N2O2. The molecule has 1 N–H and O–H groups in total. The molecule has 0 saturated carbocycles. The van der Waals surface area contributed by atoms with Crippen LogP contribution < -0.4 is 0 Å². The number of likely N-dealkylation sites (tertiary alicyclic amines) is 1. The van der Waals surface area contributed by atoms with E-state index in [1.54, 1.807) is 0 Å². The molecule has 4 nitrogen and oxygen atoms in total. The van der Waals surface area contributed by atoms with E-state index in [1.807, 2.05) is 0 Å². The molecule has 0 bridgehead atoms. The van der Waals surface area contributed by atoms with E-state index < -0.39 is 0 Å². The van der Waals surface area contributed by atoms with Crippen LogP contribution in [0.5, 0.6) is 0 Å². The minimum Gasteiger partial charge on any atom is -0.396 e. The van der Waals surface area contributed by atoms with E-state index in [0.29, 0.717) is 18.4 Å². The lowest BCUT2D eigenvalue weighted by molar-refractivity contribution is 0.0128. The minimum absolute atomic E-state index is 0.328. The van der Waals surface area contributed by atoms with Crippen LogP contribution in [0.15, 0.2) is 30.3 Å². The van der Waals surface area contributed by atoms with Crippen molar-refractivity contribution in [2.45, 2.75) is 19.3 Å². The average Bonchev–Trinajstić information content (AvgIpc) is 2.63. The second-order valence-corrected chi connectivity index (χ2v) is 7.41. The first-order valence-electron chi connectivity index (χ1n) is 9.50. The summed E-state index contributed by atoms with van der Waals surface area (Å²) in [4.78, 5) is 5.12. The van der Waals surface area contributed by atoms with Crippen LogP contribution in [0.2, 0.25) is 0 Å². The van der Waals surface area contributed by atoms with Gasteiger partial charge in [0.05, 0.1) is 13.2 Å². The zero-order valence-corrected chi connectivity index (χ0v) is 14.8. The predicted molar refractivity (Wildman–Crippen MR) is 97.1 cm³/mol. The van der Waals surface area contributed by atoms with Crippen molar-refractivity contribution in [1.29, 1.82) is 0 Å². The molecule has 0 aliphatic carbocycles. The molecule has 1 aromatic carbocycles. The van der Waals surface area contributed by atoms with E-state index in [1.165, 1.54) is 24.9 Å². The summed E-state index contributed by atoms with van der Waals surface area (Å²) in [5, 5.41) is 9.68. The number of nitrogens with zero attached hydrogens (tertiary/aromatic N) is 2. The van der Waals surface area contributed by atoms with Gasteiger partial charge in [-0.3, -0.25) is 4.90 Å². The molecule has 24 heavy (non-hydrogen) atoms. The summed E-state index contributed by atoms with van der Waals surface area (Å²) in [7, 11) is 0. The largest absolute Gasteiger partial charge is 0.396 e. The fraction of sp³-hybridized carbons (Fsp3) is 0.700. The first-order valence-corrected chi connectivity index (χ1v) is 9.50. The molecule has 0 amide bonds. The Balaban J connectivity index is 1.45. The van der Waals surface area contributed by atoms with Gasteiger partial charge in [0.15, 0.2) is 0 Å². The molecule has 2 fully saturated rings. The summed E-state index contributed by atoms with van der Waals surface area (Å²) < 4.78 is 5.46. The van der Waals surface area contributed by atoms with Crippen molar-refractivity contribution in [1.82, 2.24) is 9.80 Å². The number of ether oxygens (including phenoxy) is 1. The predicted octanol–water partition coefficient (Wildman–Crippen LogP) is 1.88. The molecule has 0 unspecified atom stereocenters. The van der Waals surface area contributed by atoms with Gasteiger partial charge in [-0.15, -0.1) is 0 Å². The number of hydrogen-bond donors (Lipinski definition) is 1. The monoisotopic (exact) mass is 332 g/mol. The molecule has 0 spiro atoms. The number of aryl methyl sites for hydroxylation is 1. The maximum Gasteiger partial charge on any atom is 0.0594 e. The van der Waals surface area contributed by atoms with Crippen LogP contribution in [-0.4, -0.2) is 74.0 Å². The summed E-state index contributed by atoms with van der Waals surface area (Å²) in [5.41, 5.74) is 1.43. The van der Waals surface area contributed by atoms with Gasteiger partial charge in [-0.25, -0.2) is 0 Å². The second kappa shape index (κ2) is 9.52. The summed E-state index contributed by atoms with van der Waals surface area (Å²) >= 11 is 0. The summed E-state index contributed by atoms with van der Waals surface area (Å²) in [6.45, 7) is 8.75. The summed E-state index contributed by atoms with van der Waals surface area (Å²) in [5.74, 6) is 1.13. The lowest BCUT2D eigenvalue weighted by Crippen LogP contribution is -2.47. The molecule has 0 radical (unpaired) electrons. The van der Waals surface area contributed by atoms with Crippen LogP contribution in [0.25, 0.3) is 0 Å². The first-order chi connectivity index (χ1) is 11.8. The van der Waals surface area contributed by atoms with Gasteiger partial charge in [0.1, 0.15) is 0 Å². The fourth-order valence-corrected chi connectivity index (χ4v) is 4.17. The van der Waals surface area contributed by atoms with E-state index in [2.05, 4.69) is 40.1 Å². The van der Waals surface area contributed by atoms with Crippen LogP contribution in [0, 0.1) is 11.8 Å². The van der Waals surface area contributed by atoms with Crippen LogP contribution >= 0.6 is 0 Å².